The minimum Gasteiger partial charge on any atom is -0.370 e. The van der Waals surface area contributed by atoms with Crippen molar-refractivity contribution in [3.63, 3.8) is 0 Å². The van der Waals surface area contributed by atoms with E-state index >= 15 is 0 Å². The Bertz CT molecular complexity index is 706. The number of aliphatic imine (C=N–C) groups is 1. The van der Waals surface area contributed by atoms with Crippen LogP contribution in [0.15, 0.2) is 53.7 Å². The molecule has 0 bridgehead atoms. The Hall–Kier alpha value is -2.40. The van der Waals surface area contributed by atoms with Crippen molar-refractivity contribution >= 4 is 5.96 Å². The first-order valence-electron chi connectivity index (χ1n) is 10.0. The fraction of sp³-hybridized carbons (Fsp3) is 0.455. The first kappa shape index (κ1) is 19.4. The van der Waals surface area contributed by atoms with Crippen LogP contribution >= 0.6 is 0 Å². The highest BCUT2D eigenvalue weighted by molar-refractivity contribution is 5.77. The van der Waals surface area contributed by atoms with Crippen molar-refractivity contribution in [1.29, 1.82) is 0 Å². The van der Waals surface area contributed by atoms with Gasteiger partial charge in [-0.25, -0.2) is 4.99 Å². The van der Waals surface area contributed by atoms with Gasteiger partial charge in [0.1, 0.15) is 0 Å². The van der Waals surface area contributed by atoms with E-state index in [-0.39, 0.29) is 0 Å². The molecule has 27 heavy (non-hydrogen) atoms. The van der Waals surface area contributed by atoms with E-state index in [1.54, 1.807) is 0 Å². The van der Waals surface area contributed by atoms with Crippen molar-refractivity contribution in [2.45, 2.75) is 45.2 Å². The van der Waals surface area contributed by atoms with Crippen LogP contribution in [0.3, 0.4) is 0 Å². The summed E-state index contributed by atoms with van der Waals surface area (Å²) in [5.74, 6) is 0.490. The topological polar surface area (TPSA) is 66.5 Å². The maximum Gasteiger partial charge on any atom is 0.188 e. The zero-order valence-electron chi connectivity index (χ0n) is 16.1. The van der Waals surface area contributed by atoms with Gasteiger partial charge in [-0.1, -0.05) is 43.2 Å². The number of nitrogens with two attached hydrogens (primary N) is 1. The van der Waals surface area contributed by atoms with E-state index in [4.69, 9.17) is 5.73 Å². The van der Waals surface area contributed by atoms with Crippen LogP contribution in [0.4, 0.5) is 0 Å². The van der Waals surface area contributed by atoms with Crippen molar-refractivity contribution in [2.24, 2.45) is 10.7 Å². The second-order valence-corrected chi connectivity index (χ2v) is 7.21. The van der Waals surface area contributed by atoms with Gasteiger partial charge in [0.05, 0.1) is 6.54 Å². The quantitative estimate of drug-likeness (QED) is 0.584. The summed E-state index contributed by atoms with van der Waals surface area (Å²) in [6, 6.07) is 14.7. The van der Waals surface area contributed by atoms with Gasteiger partial charge < -0.3 is 11.1 Å². The predicted molar refractivity (Wildman–Crippen MR) is 111 cm³/mol. The van der Waals surface area contributed by atoms with Gasteiger partial charge in [-0.2, -0.15) is 0 Å². The minimum atomic E-state index is 0.490. The van der Waals surface area contributed by atoms with Gasteiger partial charge in [-0.3, -0.25) is 9.88 Å². The second-order valence-electron chi connectivity index (χ2n) is 7.21. The molecule has 0 radical (unpaired) electrons. The van der Waals surface area contributed by atoms with Crippen LogP contribution < -0.4 is 11.1 Å². The molecule has 1 aliphatic rings. The van der Waals surface area contributed by atoms with Crippen LogP contribution in [-0.2, 0) is 19.5 Å². The van der Waals surface area contributed by atoms with Gasteiger partial charge in [0.2, 0.25) is 0 Å². The molecule has 144 valence electrons. The molecule has 1 saturated heterocycles. The Balaban J connectivity index is 1.46. The Kier molecular flexibility index (Phi) is 7.66. The summed E-state index contributed by atoms with van der Waals surface area (Å²) in [6.07, 6.45) is 8.04. The van der Waals surface area contributed by atoms with Crippen molar-refractivity contribution < 1.29 is 0 Å². The van der Waals surface area contributed by atoms with Crippen molar-refractivity contribution in [3.05, 3.63) is 65.5 Å². The maximum atomic E-state index is 6.00. The number of hydrogen-bond acceptors (Lipinski definition) is 3. The molecule has 1 aliphatic heterocycles. The van der Waals surface area contributed by atoms with Crippen LogP contribution in [0.5, 0.6) is 0 Å². The van der Waals surface area contributed by atoms with E-state index in [1.165, 1.54) is 49.9 Å². The number of nitrogens with zero attached hydrogens (tertiary/aromatic N) is 3. The zero-order valence-corrected chi connectivity index (χ0v) is 16.1. The van der Waals surface area contributed by atoms with Crippen molar-refractivity contribution in [1.82, 2.24) is 15.2 Å². The molecule has 0 aliphatic carbocycles. The molecule has 1 aromatic carbocycles. The van der Waals surface area contributed by atoms with Gasteiger partial charge in [-0.15, -0.1) is 0 Å². The summed E-state index contributed by atoms with van der Waals surface area (Å²) in [6.45, 7) is 4.82. The normalized spacial score (nSPS) is 16.1. The third-order valence-electron chi connectivity index (χ3n) is 4.94. The lowest BCUT2D eigenvalue weighted by atomic mass is 10.1. The number of guanidine groups is 1. The summed E-state index contributed by atoms with van der Waals surface area (Å²) in [7, 11) is 0. The first-order valence-corrected chi connectivity index (χ1v) is 10.0. The van der Waals surface area contributed by atoms with Crippen LogP contribution in [0.1, 0.15) is 42.5 Å². The standard InChI is InChI=1S/C22H31N5/c23-22(25-13-11-21-10-3-4-12-24-21)26-17-19-8-7-9-20(16-19)18-27-14-5-1-2-6-15-27/h3-4,7-10,12,16H,1-2,5-6,11,13-15,17-18H2,(H3,23,25,26). The SMILES string of the molecule is NC(=NCc1cccc(CN2CCCCCC2)c1)NCCc1ccccn1. The zero-order chi connectivity index (χ0) is 18.7. The molecular weight excluding hydrogens is 334 g/mol. The van der Waals surface area contributed by atoms with E-state index in [0.717, 1.165) is 25.2 Å². The van der Waals surface area contributed by atoms with E-state index in [0.29, 0.717) is 12.5 Å². The molecule has 0 spiro atoms. The molecule has 2 heterocycles. The Morgan fingerprint density at radius 2 is 1.85 bits per heavy atom. The fourth-order valence-corrected chi connectivity index (χ4v) is 3.48. The number of nitrogens with one attached hydrogen (secondary N) is 1. The van der Waals surface area contributed by atoms with E-state index in [9.17, 15) is 0 Å². The number of aromatic nitrogens is 1. The maximum absolute atomic E-state index is 6.00. The number of likely N-dealkylation sites (tertiary alicyclic amines) is 1. The summed E-state index contributed by atoms with van der Waals surface area (Å²) < 4.78 is 0. The molecule has 3 rings (SSSR count). The second kappa shape index (κ2) is 10.7. The third kappa shape index (κ3) is 7.02. The van der Waals surface area contributed by atoms with E-state index < -0.39 is 0 Å². The Labute approximate surface area is 162 Å². The number of hydrogen-bond donors (Lipinski definition) is 2. The van der Waals surface area contributed by atoms with Gasteiger partial charge in [-0.05, 0) is 49.2 Å². The predicted octanol–water partition coefficient (Wildman–Crippen LogP) is 3.10. The molecule has 5 heteroatoms. The van der Waals surface area contributed by atoms with Gasteiger partial charge in [0.25, 0.3) is 0 Å². The molecule has 3 N–H and O–H groups in total. The number of pyridine rings is 1. The van der Waals surface area contributed by atoms with E-state index in [2.05, 4.69) is 44.5 Å². The lowest BCUT2D eigenvalue weighted by molar-refractivity contribution is 0.277. The molecule has 0 amide bonds. The van der Waals surface area contributed by atoms with Gasteiger partial charge in [0, 0.05) is 31.4 Å². The van der Waals surface area contributed by atoms with E-state index in [1.807, 2.05) is 24.4 Å². The number of rotatable bonds is 7. The molecule has 0 atom stereocenters. The average molecular weight is 366 g/mol. The summed E-state index contributed by atoms with van der Waals surface area (Å²) >= 11 is 0. The minimum absolute atomic E-state index is 0.490. The first-order chi connectivity index (χ1) is 13.3. The van der Waals surface area contributed by atoms with Crippen LogP contribution in [0.25, 0.3) is 0 Å². The molecule has 0 saturated carbocycles. The summed E-state index contributed by atoms with van der Waals surface area (Å²) in [4.78, 5) is 11.4. The van der Waals surface area contributed by atoms with Crippen LogP contribution in [0.2, 0.25) is 0 Å². The summed E-state index contributed by atoms with van der Waals surface area (Å²) in [5.41, 5.74) is 9.63. The highest BCUT2D eigenvalue weighted by Gasteiger charge is 2.09. The number of benzene rings is 1. The lowest BCUT2D eigenvalue weighted by Crippen LogP contribution is -2.33. The largest absolute Gasteiger partial charge is 0.370 e. The highest BCUT2D eigenvalue weighted by atomic mass is 15.1. The Morgan fingerprint density at radius 3 is 2.63 bits per heavy atom. The molecule has 5 nitrogen and oxygen atoms in total. The summed E-state index contributed by atoms with van der Waals surface area (Å²) in [5, 5.41) is 3.17. The molecule has 2 aromatic rings. The molecule has 0 unspecified atom stereocenters. The highest BCUT2D eigenvalue weighted by Crippen LogP contribution is 2.14. The Morgan fingerprint density at radius 1 is 1.04 bits per heavy atom. The van der Waals surface area contributed by atoms with Crippen molar-refractivity contribution in [2.75, 3.05) is 19.6 Å². The smallest absolute Gasteiger partial charge is 0.188 e. The van der Waals surface area contributed by atoms with Crippen molar-refractivity contribution in [3.8, 4) is 0 Å². The molecule has 1 aromatic heterocycles. The molecular formula is C22H31N5. The van der Waals surface area contributed by atoms with Crippen LogP contribution in [-0.4, -0.2) is 35.5 Å². The lowest BCUT2D eigenvalue weighted by Gasteiger charge is -2.20. The molecule has 1 fully saturated rings. The van der Waals surface area contributed by atoms with Crippen LogP contribution in [0, 0.1) is 0 Å². The fourth-order valence-electron chi connectivity index (χ4n) is 3.48. The average Bonchev–Trinajstić information content (AvgIpc) is 2.96. The third-order valence-corrected chi connectivity index (χ3v) is 4.94. The van der Waals surface area contributed by atoms with Gasteiger partial charge in [0.15, 0.2) is 5.96 Å². The van der Waals surface area contributed by atoms with Gasteiger partial charge >= 0.3 is 0 Å². The monoisotopic (exact) mass is 365 g/mol.